The molecule has 1 heterocycles. The number of phenolic OH excluding ortho intramolecular Hbond substituents is 2. The van der Waals surface area contributed by atoms with Gasteiger partial charge < -0.3 is 44.8 Å². The van der Waals surface area contributed by atoms with E-state index in [-0.39, 0.29) is 28.4 Å². The lowest BCUT2D eigenvalue weighted by molar-refractivity contribution is -0.277. The maximum atomic E-state index is 12.5. The highest BCUT2D eigenvalue weighted by atomic mass is 16.7. The maximum absolute atomic E-state index is 12.5. The SMILES string of the molecule is COc1ccc(C(=O)C(=O)c2ccc(OC3OC(CO)C(O)C(O)C3O)cc2O)cc1O. The minimum atomic E-state index is -1.67. The van der Waals surface area contributed by atoms with Gasteiger partial charge in [0, 0.05) is 11.6 Å². The summed E-state index contributed by atoms with van der Waals surface area (Å²) in [5.41, 5.74) is -0.458. The van der Waals surface area contributed by atoms with Crippen molar-refractivity contribution in [2.45, 2.75) is 30.7 Å². The monoisotopic (exact) mass is 450 g/mol. The Bertz CT molecular complexity index is 1000. The first kappa shape index (κ1) is 23.4. The van der Waals surface area contributed by atoms with Crippen LogP contribution in [0.4, 0.5) is 0 Å². The predicted octanol–water partition coefficient (Wildman–Crippen LogP) is -0.649. The van der Waals surface area contributed by atoms with Crippen LogP contribution in [0.25, 0.3) is 0 Å². The molecule has 0 radical (unpaired) electrons. The van der Waals surface area contributed by atoms with Crippen molar-refractivity contribution in [2.24, 2.45) is 0 Å². The Morgan fingerprint density at radius 3 is 2.25 bits per heavy atom. The van der Waals surface area contributed by atoms with Gasteiger partial charge in [0.1, 0.15) is 35.9 Å². The number of carbonyl (C=O) groups excluding carboxylic acids is 2. The van der Waals surface area contributed by atoms with Crippen LogP contribution >= 0.6 is 0 Å². The average Bonchev–Trinajstić information content (AvgIpc) is 2.78. The minimum absolute atomic E-state index is 0.0853. The number of phenols is 2. The number of benzene rings is 2. The summed E-state index contributed by atoms with van der Waals surface area (Å²) in [7, 11) is 1.33. The summed E-state index contributed by atoms with van der Waals surface area (Å²) in [6, 6.07) is 6.98. The summed E-state index contributed by atoms with van der Waals surface area (Å²) in [5.74, 6) is -2.95. The van der Waals surface area contributed by atoms with Crippen LogP contribution in [-0.4, -0.2) is 86.6 Å². The molecule has 5 unspecified atom stereocenters. The molecule has 172 valence electrons. The number of rotatable bonds is 7. The molecule has 0 aromatic heterocycles. The van der Waals surface area contributed by atoms with E-state index in [1.54, 1.807) is 0 Å². The number of hydrogen-bond acceptors (Lipinski definition) is 11. The van der Waals surface area contributed by atoms with Crippen LogP contribution in [0.5, 0.6) is 23.0 Å². The average molecular weight is 450 g/mol. The fraction of sp³-hybridized carbons (Fsp3) is 0.333. The van der Waals surface area contributed by atoms with Crippen molar-refractivity contribution in [1.82, 2.24) is 0 Å². The van der Waals surface area contributed by atoms with Gasteiger partial charge in [0.15, 0.2) is 11.5 Å². The molecule has 32 heavy (non-hydrogen) atoms. The number of ketones is 2. The Labute approximate surface area is 181 Å². The summed E-state index contributed by atoms with van der Waals surface area (Å²) in [5, 5.41) is 58.9. The van der Waals surface area contributed by atoms with Gasteiger partial charge in [-0.3, -0.25) is 9.59 Å². The largest absolute Gasteiger partial charge is 0.507 e. The lowest BCUT2D eigenvalue weighted by Crippen LogP contribution is -2.60. The third kappa shape index (κ3) is 4.52. The molecule has 11 heteroatoms. The molecule has 2 aromatic rings. The number of Topliss-reactive ketones (excluding diaryl/α,β-unsaturated/α-hetero) is 2. The van der Waals surface area contributed by atoms with Crippen LogP contribution in [0.1, 0.15) is 20.7 Å². The number of aliphatic hydroxyl groups excluding tert-OH is 4. The van der Waals surface area contributed by atoms with Crippen molar-refractivity contribution in [2.75, 3.05) is 13.7 Å². The van der Waals surface area contributed by atoms with Crippen LogP contribution in [0.2, 0.25) is 0 Å². The van der Waals surface area contributed by atoms with Gasteiger partial charge in [-0.05, 0) is 30.3 Å². The van der Waals surface area contributed by atoms with E-state index >= 15 is 0 Å². The summed E-state index contributed by atoms with van der Waals surface area (Å²) < 4.78 is 15.5. The van der Waals surface area contributed by atoms with E-state index in [1.165, 1.54) is 25.3 Å². The highest BCUT2D eigenvalue weighted by molar-refractivity contribution is 6.49. The Kier molecular flexibility index (Phi) is 6.96. The van der Waals surface area contributed by atoms with Gasteiger partial charge in [0.2, 0.25) is 17.9 Å². The third-order valence-corrected chi connectivity index (χ3v) is 4.96. The molecule has 0 saturated carbocycles. The molecular weight excluding hydrogens is 428 g/mol. The van der Waals surface area contributed by atoms with Crippen LogP contribution in [-0.2, 0) is 4.74 Å². The lowest BCUT2D eigenvalue weighted by Gasteiger charge is -2.39. The number of methoxy groups -OCH3 is 1. The van der Waals surface area contributed by atoms with Crippen molar-refractivity contribution < 1.29 is 54.4 Å². The van der Waals surface area contributed by atoms with Crippen LogP contribution < -0.4 is 9.47 Å². The Morgan fingerprint density at radius 2 is 1.66 bits per heavy atom. The van der Waals surface area contributed by atoms with Crippen molar-refractivity contribution in [3.8, 4) is 23.0 Å². The number of hydrogen-bond donors (Lipinski definition) is 6. The van der Waals surface area contributed by atoms with Crippen LogP contribution in [0, 0.1) is 0 Å². The molecule has 3 rings (SSSR count). The Balaban J connectivity index is 1.76. The first-order valence-corrected chi connectivity index (χ1v) is 9.44. The van der Waals surface area contributed by atoms with Gasteiger partial charge in [0.25, 0.3) is 0 Å². The molecule has 0 aliphatic carbocycles. The fourth-order valence-electron chi connectivity index (χ4n) is 3.16. The lowest BCUT2D eigenvalue weighted by atomic mass is 9.99. The molecule has 1 saturated heterocycles. The molecule has 0 spiro atoms. The smallest absolute Gasteiger partial charge is 0.237 e. The molecule has 1 aliphatic heterocycles. The van der Waals surface area contributed by atoms with Gasteiger partial charge in [0.05, 0.1) is 19.3 Å². The topological polar surface area (TPSA) is 183 Å². The Hall–Kier alpha value is -3.22. The van der Waals surface area contributed by atoms with E-state index in [2.05, 4.69) is 0 Å². The van der Waals surface area contributed by atoms with Gasteiger partial charge in [-0.25, -0.2) is 0 Å². The van der Waals surface area contributed by atoms with Crippen molar-refractivity contribution >= 4 is 11.6 Å². The number of aliphatic hydroxyl groups is 4. The molecule has 6 N–H and O–H groups in total. The first-order chi connectivity index (χ1) is 15.2. The van der Waals surface area contributed by atoms with Gasteiger partial charge >= 0.3 is 0 Å². The van der Waals surface area contributed by atoms with E-state index in [0.29, 0.717) is 0 Å². The molecule has 1 aliphatic rings. The Morgan fingerprint density at radius 1 is 0.938 bits per heavy atom. The molecule has 11 nitrogen and oxygen atoms in total. The highest BCUT2D eigenvalue weighted by Gasteiger charge is 2.44. The third-order valence-electron chi connectivity index (χ3n) is 4.96. The number of carbonyl (C=O) groups is 2. The number of aromatic hydroxyl groups is 2. The minimum Gasteiger partial charge on any atom is -0.507 e. The molecule has 1 fully saturated rings. The van der Waals surface area contributed by atoms with Gasteiger partial charge in [-0.2, -0.15) is 0 Å². The second kappa shape index (κ2) is 9.51. The maximum Gasteiger partial charge on any atom is 0.237 e. The molecular formula is C21H22O11. The van der Waals surface area contributed by atoms with Crippen molar-refractivity contribution in [3.05, 3.63) is 47.5 Å². The quantitative estimate of drug-likeness (QED) is 0.233. The van der Waals surface area contributed by atoms with E-state index in [4.69, 9.17) is 14.2 Å². The zero-order chi connectivity index (χ0) is 23.6. The molecule has 2 aromatic carbocycles. The van der Waals surface area contributed by atoms with Gasteiger partial charge in [-0.1, -0.05) is 0 Å². The standard InChI is InChI=1S/C21H22O11/c1-30-14-5-2-9(6-13(14)24)16(25)17(26)11-4-3-10(7-12(11)23)31-21-20(29)19(28)18(27)15(8-22)32-21/h2-7,15,18-24,27-29H,8H2,1H3. The predicted molar refractivity (Wildman–Crippen MR) is 106 cm³/mol. The fourth-order valence-corrected chi connectivity index (χ4v) is 3.16. The van der Waals surface area contributed by atoms with E-state index in [0.717, 1.165) is 18.2 Å². The second-order valence-corrected chi connectivity index (χ2v) is 7.04. The van der Waals surface area contributed by atoms with E-state index in [1.807, 2.05) is 0 Å². The number of ether oxygens (including phenoxy) is 3. The summed E-state index contributed by atoms with van der Waals surface area (Å²) >= 11 is 0. The van der Waals surface area contributed by atoms with E-state index < -0.39 is 54.6 Å². The normalized spacial score (nSPS) is 25.2. The molecule has 0 amide bonds. The zero-order valence-electron chi connectivity index (χ0n) is 16.8. The van der Waals surface area contributed by atoms with Crippen molar-refractivity contribution in [1.29, 1.82) is 0 Å². The molecule has 5 atom stereocenters. The zero-order valence-corrected chi connectivity index (χ0v) is 16.8. The second-order valence-electron chi connectivity index (χ2n) is 7.04. The van der Waals surface area contributed by atoms with Crippen LogP contribution in [0.15, 0.2) is 36.4 Å². The van der Waals surface area contributed by atoms with Crippen molar-refractivity contribution in [3.63, 3.8) is 0 Å². The first-order valence-electron chi connectivity index (χ1n) is 9.44. The molecule has 0 bridgehead atoms. The summed E-state index contributed by atoms with van der Waals surface area (Å²) in [6.07, 6.45) is -7.56. The highest BCUT2D eigenvalue weighted by Crippen LogP contribution is 2.30. The van der Waals surface area contributed by atoms with E-state index in [9.17, 15) is 40.2 Å². The summed E-state index contributed by atoms with van der Waals surface area (Å²) in [6.45, 7) is -0.646. The van der Waals surface area contributed by atoms with Gasteiger partial charge in [-0.15, -0.1) is 0 Å². The summed E-state index contributed by atoms with van der Waals surface area (Å²) in [4.78, 5) is 25.0. The van der Waals surface area contributed by atoms with Crippen LogP contribution in [0.3, 0.4) is 0 Å².